The van der Waals surface area contributed by atoms with Gasteiger partial charge in [-0.25, -0.2) is 4.79 Å². The molecule has 0 saturated carbocycles. The molecule has 1 saturated heterocycles. The molecule has 1 aromatic carbocycles. The van der Waals surface area contributed by atoms with E-state index in [-0.39, 0.29) is 11.1 Å². The van der Waals surface area contributed by atoms with Crippen LogP contribution in [0.15, 0.2) is 35.4 Å². The molecule has 3 rings (SSSR count). The first kappa shape index (κ1) is 17.6. The van der Waals surface area contributed by atoms with Gasteiger partial charge in [0, 0.05) is 11.7 Å². The Labute approximate surface area is 136 Å². The summed E-state index contributed by atoms with van der Waals surface area (Å²) in [6.07, 6.45) is -1.51. The molecule has 6 nitrogen and oxygen atoms in total. The van der Waals surface area contributed by atoms with Crippen molar-refractivity contribution in [2.45, 2.75) is 6.18 Å². The zero-order valence-electron chi connectivity index (χ0n) is 11.7. The molecule has 126 valence electrons. The third-order valence-corrected chi connectivity index (χ3v) is 3.57. The molecule has 24 heavy (non-hydrogen) atoms. The van der Waals surface area contributed by atoms with E-state index in [4.69, 9.17) is 9.90 Å². The second-order valence-electron chi connectivity index (χ2n) is 4.48. The summed E-state index contributed by atoms with van der Waals surface area (Å²) in [5, 5.41) is 10.2. The molecule has 10 heteroatoms. The van der Waals surface area contributed by atoms with E-state index in [0.717, 1.165) is 28.2 Å². The number of thioether (sulfide) groups is 1. The maximum atomic E-state index is 11.4. The van der Waals surface area contributed by atoms with Crippen LogP contribution in [-0.4, -0.2) is 33.4 Å². The number of aromatic nitrogens is 1. The van der Waals surface area contributed by atoms with Crippen LogP contribution < -0.4 is 5.32 Å². The molecule has 2 heterocycles. The quantitative estimate of drug-likeness (QED) is 0.680. The summed E-state index contributed by atoms with van der Waals surface area (Å²) >= 11 is 0.927. The number of carbonyl (C=O) groups is 3. The fraction of sp³-hybridized carbons (Fsp3) is 0.0714. The number of aromatic amines is 1. The highest BCUT2D eigenvalue weighted by atomic mass is 32.2. The van der Waals surface area contributed by atoms with E-state index in [0.29, 0.717) is 4.91 Å². The van der Waals surface area contributed by atoms with Gasteiger partial charge in [0.1, 0.15) is 0 Å². The Morgan fingerprint density at radius 2 is 1.88 bits per heavy atom. The average molecular weight is 358 g/mol. The molecule has 1 aliphatic heterocycles. The first-order valence-electron chi connectivity index (χ1n) is 6.29. The van der Waals surface area contributed by atoms with Crippen LogP contribution >= 0.6 is 11.8 Å². The Balaban J connectivity index is 0.000000256. The molecule has 3 N–H and O–H groups in total. The van der Waals surface area contributed by atoms with Gasteiger partial charge in [-0.05, 0) is 40.9 Å². The van der Waals surface area contributed by atoms with Crippen LogP contribution in [0, 0.1) is 0 Å². The number of carboxylic acid groups (broad SMARTS) is 1. The molecule has 0 spiro atoms. The number of aliphatic carboxylic acids is 1. The first-order chi connectivity index (χ1) is 11.2. The minimum absolute atomic E-state index is 0.317. The van der Waals surface area contributed by atoms with E-state index in [9.17, 15) is 22.8 Å². The highest BCUT2D eigenvalue weighted by molar-refractivity contribution is 8.18. The number of H-pyrrole nitrogens is 1. The Kier molecular flexibility index (Phi) is 4.98. The van der Waals surface area contributed by atoms with Crippen molar-refractivity contribution in [3.63, 3.8) is 0 Å². The molecule has 2 aromatic rings. The number of imide groups is 1. The highest BCUT2D eigenvalue weighted by Gasteiger charge is 2.38. The van der Waals surface area contributed by atoms with Crippen molar-refractivity contribution in [2.75, 3.05) is 0 Å². The number of rotatable bonds is 1. The van der Waals surface area contributed by atoms with Gasteiger partial charge >= 0.3 is 12.1 Å². The number of amides is 2. The summed E-state index contributed by atoms with van der Waals surface area (Å²) < 4.78 is 31.7. The predicted octanol–water partition coefficient (Wildman–Crippen LogP) is 3.13. The molecular formula is C14H9F3N2O4S. The number of benzene rings is 1. The fourth-order valence-electron chi connectivity index (χ4n) is 1.73. The van der Waals surface area contributed by atoms with E-state index in [1.54, 1.807) is 6.08 Å². The van der Waals surface area contributed by atoms with Gasteiger partial charge in [0.25, 0.3) is 11.1 Å². The van der Waals surface area contributed by atoms with E-state index in [1.165, 1.54) is 0 Å². The number of hydrogen-bond donors (Lipinski definition) is 3. The molecule has 0 atom stereocenters. The second-order valence-corrected chi connectivity index (χ2v) is 5.49. The van der Waals surface area contributed by atoms with Crippen LogP contribution in [0.4, 0.5) is 18.0 Å². The Bertz CT molecular complexity index is 842. The van der Waals surface area contributed by atoms with Crippen LogP contribution in [0.3, 0.4) is 0 Å². The predicted molar refractivity (Wildman–Crippen MR) is 81.1 cm³/mol. The van der Waals surface area contributed by atoms with Gasteiger partial charge in [-0.2, -0.15) is 13.2 Å². The van der Waals surface area contributed by atoms with E-state index in [1.807, 2.05) is 30.5 Å². The van der Waals surface area contributed by atoms with Crippen molar-refractivity contribution in [3.8, 4) is 0 Å². The summed E-state index contributed by atoms with van der Waals surface area (Å²) in [5.41, 5.74) is 1.90. The lowest BCUT2D eigenvalue weighted by molar-refractivity contribution is -0.192. The Hall–Kier alpha value is -2.75. The smallest absolute Gasteiger partial charge is 0.475 e. The molecule has 2 amide bonds. The molecule has 1 aliphatic rings. The normalized spacial score (nSPS) is 16.0. The summed E-state index contributed by atoms with van der Waals surface area (Å²) in [4.78, 5) is 34.8. The van der Waals surface area contributed by atoms with Gasteiger partial charge in [0.05, 0.1) is 4.91 Å². The number of carboxylic acids is 1. The van der Waals surface area contributed by atoms with Gasteiger partial charge in [0.15, 0.2) is 0 Å². The number of halogens is 3. The lowest BCUT2D eigenvalue weighted by atomic mass is 10.1. The maximum absolute atomic E-state index is 11.4. The second kappa shape index (κ2) is 6.79. The third kappa shape index (κ3) is 4.38. The number of fused-ring (bicyclic) bond motifs is 1. The van der Waals surface area contributed by atoms with Crippen molar-refractivity contribution in [3.05, 3.63) is 40.9 Å². The summed E-state index contributed by atoms with van der Waals surface area (Å²) in [5.74, 6) is -3.08. The van der Waals surface area contributed by atoms with E-state index < -0.39 is 12.1 Å². The SMILES string of the molecule is O=C(O)C(F)(F)F.O=C1NC(=O)C(=Cc2ccc3cc[nH]c3c2)S1. The monoisotopic (exact) mass is 358 g/mol. The molecule has 1 aromatic heterocycles. The maximum Gasteiger partial charge on any atom is 0.490 e. The van der Waals surface area contributed by atoms with E-state index >= 15 is 0 Å². The van der Waals surface area contributed by atoms with Crippen LogP contribution in [0.1, 0.15) is 5.56 Å². The summed E-state index contributed by atoms with van der Waals surface area (Å²) in [6.45, 7) is 0. The molecular weight excluding hydrogens is 349 g/mol. The standard InChI is InChI=1S/C12H8N2O2S.C2HF3O2/c15-11-10(17-12(16)14-11)6-7-1-2-8-3-4-13-9(8)5-7;3-2(4,5)1(6)7/h1-6,13H,(H,14,15,16);(H,6,7). The van der Waals surface area contributed by atoms with Crippen molar-refractivity contribution in [1.82, 2.24) is 10.3 Å². The van der Waals surface area contributed by atoms with Crippen molar-refractivity contribution < 1.29 is 32.7 Å². The van der Waals surface area contributed by atoms with Crippen LogP contribution in [0.25, 0.3) is 17.0 Å². The van der Waals surface area contributed by atoms with Gasteiger partial charge in [0.2, 0.25) is 0 Å². The lowest BCUT2D eigenvalue weighted by Crippen LogP contribution is -2.21. The van der Waals surface area contributed by atoms with Crippen molar-refractivity contribution in [2.24, 2.45) is 0 Å². The topological polar surface area (TPSA) is 99.3 Å². The fourth-order valence-corrected chi connectivity index (χ4v) is 2.41. The zero-order valence-corrected chi connectivity index (χ0v) is 12.5. The highest BCUT2D eigenvalue weighted by Crippen LogP contribution is 2.26. The van der Waals surface area contributed by atoms with Crippen molar-refractivity contribution >= 4 is 45.9 Å². The van der Waals surface area contributed by atoms with Crippen LogP contribution in [-0.2, 0) is 9.59 Å². The molecule has 0 radical (unpaired) electrons. The Morgan fingerprint density at radius 1 is 1.21 bits per heavy atom. The molecule has 0 aliphatic carbocycles. The van der Waals surface area contributed by atoms with Crippen LogP contribution in [0.2, 0.25) is 0 Å². The average Bonchev–Trinajstić information content (AvgIpc) is 3.05. The van der Waals surface area contributed by atoms with Gasteiger partial charge in [-0.3, -0.25) is 14.9 Å². The van der Waals surface area contributed by atoms with Crippen LogP contribution in [0.5, 0.6) is 0 Å². The third-order valence-electron chi connectivity index (χ3n) is 2.76. The largest absolute Gasteiger partial charge is 0.490 e. The number of nitrogens with one attached hydrogen (secondary N) is 2. The zero-order chi connectivity index (χ0) is 17.9. The molecule has 0 unspecified atom stereocenters. The van der Waals surface area contributed by atoms with Gasteiger partial charge in [-0.1, -0.05) is 12.1 Å². The first-order valence-corrected chi connectivity index (χ1v) is 7.10. The number of carbonyl (C=O) groups excluding carboxylic acids is 2. The lowest BCUT2D eigenvalue weighted by Gasteiger charge is -1.95. The summed E-state index contributed by atoms with van der Waals surface area (Å²) in [7, 11) is 0. The van der Waals surface area contributed by atoms with E-state index in [2.05, 4.69) is 10.3 Å². The van der Waals surface area contributed by atoms with Crippen molar-refractivity contribution in [1.29, 1.82) is 0 Å². The minimum Gasteiger partial charge on any atom is -0.475 e. The summed E-state index contributed by atoms with van der Waals surface area (Å²) in [6, 6.07) is 7.81. The molecule has 1 fully saturated rings. The van der Waals surface area contributed by atoms with Gasteiger partial charge < -0.3 is 10.1 Å². The molecule has 0 bridgehead atoms. The number of hydrogen-bond acceptors (Lipinski definition) is 4. The van der Waals surface area contributed by atoms with Gasteiger partial charge in [-0.15, -0.1) is 0 Å². The number of alkyl halides is 3. The minimum atomic E-state index is -5.08. The Morgan fingerprint density at radius 3 is 2.42 bits per heavy atom.